The fourth-order valence-corrected chi connectivity index (χ4v) is 1.62. The van der Waals surface area contributed by atoms with Crippen molar-refractivity contribution >= 4 is 5.65 Å². The topological polar surface area (TPSA) is 39.4 Å². The van der Waals surface area contributed by atoms with E-state index >= 15 is 0 Å². The highest BCUT2D eigenvalue weighted by Gasteiger charge is 2.02. The summed E-state index contributed by atoms with van der Waals surface area (Å²) in [6.45, 7) is 0.452. The van der Waals surface area contributed by atoms with E-state index in [1.807, 2.05) is 48.7 Å². The lowest BCUT2D eigenvalue weighted by Gasteiger charge is -2.02. The van der Waals surface area contributed by atoms with Gasteiger partial charge in [0.1, 0.15) is 12.4 Å². The molecule has 0 bridgehead atoms. The summed E-state index contributed by atoms with van der Waals surface area (Å²) in [4.78, 5) is 4.40. The van der Waals surface area contributed by atoms with E-state index in [1.165, 1.54) is 0 Å². The average molecular weight is 225 g/mol. The third-order valence-corrected chi connectivity index (χ3v) is 2.42. The van der Waals surface area contributed by atoms with Crippen LogP contribution in [-0.2, 0) is 6.61 Å². The zero-order valence-corrected chi connectivity index (χ0v) is 9.15. The third kappa shape index (κ3) is 2.10. The maximum Gasteiger partial charge on any atom is 0.153 e. The van der Waals surface area contributed by atoms with E-state index in [1.54, 1.807) is 10.7 Å². The second kappa shape index (κ2) is 4.25. The second-order valence-corrected chi connectivity index (χ2v) is 3.66. The Balaban J connectivity index is 1.77. The molecule has 17 heavy (non-hydrogen) atoms. The molecular formula is C13H11N3O. The lowest BCUT2D eigenvalue weighted by Crippen LogP contribution is -1.95. The van der Waals surface area contributed by atoms with Crippen molar-refractivity contribution in [1.82, 2.24) is 14.6 Å². The maximum absolute atomic E-state index is 5.62. The SMILES string of the molecule is c1ccc(OCc2cn3ncccc3n2)cc1. The molecule has 2 heterocycles. The predicted molar refractivity (Wildman–Crippen MR) is 63.8 cm³/mol. The van der Waals surface area contributed by atoms with Crippen LogP contribution in [-0.4, -0.2) is 14.6 Å². The zero-order valence-electron chi connectivity index (χ0n) is 9.15. The van der Waals surface area contributed by atoms with Crippen LogP contribution >= 0.6 is 0 Å². The van der Waals surface area contributed by atoms with Gasteiger partial charge in [0.25, 0.3) is 0 Å². The molecule has 0 fully saturated rings. The number of rotatable bonds is 3. The molecule has 84 valence electrons. The van der Waals surface area contributed by atoms with Crippen LogP contribution in [0.1, 0.15) is 5.69 Å². The van der Waals surface area contributed by atoms with Crippen molar-refractivity contribution in [3.63, 3.8) is 0 Å². The standard InChI is InChI=1S/C13H11N3O/c1-2-5-12(6-3-1)17-10-11-9-16-13(15-11)7-4-8-14-16/h1-9H,10H2. The fourth-order valence-electron chi connectivity index (χ4n) is 1.62. The molecule has 0 aliphatic rings. The van der Waals surface area contributed by atoms with Gasteiger partial charge in [-0.05, 0) is 24.3 Å². The molecule has 0 unspecified atom stereocenters. The van der Waals surface area contributed by atoms with E-state index in [0.717, 1.165) is 17.1 Å². The van der Waals surface area contributed by atoms with Crippen molar-refractivity contribution in [2.45, 2.75) is 6.61 Å². The summed E-state index contributed by atoms with van der Waals surface area (Å²) < 4.78 is 7.36. The van der Waals surface area contributed by atoms with Crippen molar-refractivity contribution in [3.8, 4) is 5.75 Å². The van der Waals surface area contributed by atoms with Crippen molar-refractivity contribution < 1.29 is 4.74 Å². The molecule has 4 nitrogen and oxygen atoms in total. The summed E-state index contributed by atoms with van der Waals surface area (Å²) in [6, 6.07) is 13.5. The van der Waals surface area contributed by atoms with E-state index < -0.39 is 0 Å². The Morgan fingerprint density at radius 2 is 1.94 bits per heavy atom. The number of hydrogen-bond acceptors (Lipinski definition) is 3. The highest BCUT2D eigenvalue weighted by atomic mass is 16.5. The van der Waals surface area contributed by atoms with E-state index in [4.69, 9.17) is 4.74 Å². The zero-order chi connectivity index (χ0) is 11.5. The Morgan fingerprint density at radius 3 is 2.76 bits per heavy atom. The highest BCUT2D eigenvalue weighted by Crippen LogP contribution is 2.11. The smallest absolute Gasteiger partial charge is 0.153 e. The van der Waals surface area contributed by atoms with Crippen LogP contribution in [0.2, 0.25) is 0 Å². The van der Waals surface area contributed by atoms with Crippen LogP contribution < -0.4 is 4.74 Å². The maximum atomic E-state index is 5.62. The Labute approximate surface area is 98.5 Å². The van der Waals surface area contributed by atoms with Gasteiger partial charge in [0.15, 0.2) is 5.65 Å². The number of fused-ring (bicyclic) bond motifs is 1. The largest absolute Gasteiger partial charge is 0.487 e. The number of aromatic nitrogens is 3. The first-order chi connectivity index (χ1) is 8.42. The summed E-state index contributed by atoms with van der Waals surface area (Å²) in [5.41, 5.74) is 1.70. The molecular weight excluding hydrogens is 214 g/mol. The van der Waals surface area contributed by atoms with Crippen LogP contribution in [0, 0.1) is 0 Å². The monoisotopic (exact) mass is 225 g/mol. The summed E-state index contributed by atoms with van der Waals surface area (Å²) in [7, 11) is 0. The van der Waals surface area contributed by atoms with E-state index in [0.29, 0.717) is 6.61 Å². The first kappa shape index (κ1) is 9.84. The van der Waals surface area contributed by atoms with Crippen LogP contribution in [0.15, 0.2) is 54.9 Å². The number of hydrogen-bond donors (Lipinski definition) is 0. The molecule has 0 radical (unpaired) electrons. The quantitative estimate of drug-likeness (QED) is 0.686. The van der Waals surface area contributed by atoms with Gasteiger partial charge in [-0.2, -0.15) is 5.10 Å². The molecule has 4 heteroatoms. The van der Waals surface area contributed by atoms with Crippen LogP contribution in [0.25, 0.3) is 5.65 Å². The highest BCUT2D eigenvalue weighted by molar-refractivity contribution is 5.37. The van der Waals surface area contributed by atoms with Gasteiger partial charge in [-0.15, -0.1) is 0 Å². The number of para-hydroxylation sites is 1. The van der Waals surface area contributed by atoms with Crippen molar-refractivity contribution in [2.24, 2.45) is 0 Å². The predicted octanol–water partition coefficient (Wildman–Crippen LogP) is 2.31. The normalized spacial score (nSPS) is 10.6. The fraction of sp³-hybridized carbons (Fsp3) is 0.0769. The number of benzene rings is 1. The minimum Gasteiger partial charge on any atom is -0.487 e. The molecule has 0 N–H and O–H groups in total. The molecule has 0 atom stereocenters. The van der Waals surface area contributed by atoms with E-state index in [-0.39, 0.29) is 0 Å². The molecule has 0 saturated carbocycles. The van der Waals surface area contributed by atoms with Gasteiger partial charge >= 0.3 is 0 Å². The third-order valence-electron chi connectivity index (χ3n) is 2.42. The van der Waals surface area contributed by atoms with Gasteiger partial charge in [0.2, 0.25) is 0 Å². The van der Waals surface area contributed by atoms with Crippen molar-refractivity contribution in [1.29, 1.82) is 0 Å². The molecule has 0 spiro atoms. The summed E-state index contributed by atoms with van der Waals surface area (Å²) >= 11 is 0. The van der Waals surface area contributed by atoms with E-state index in [9.17, 15) is 0 Å². The molecule has 3 rings (SSSR count). The number of nitrogens with zero attached hydrogens (tertiary/aromatic N) is 3. The number of ether oxygens (including phenoxy) is 1. The van der Waals surface area contributed by atoms with Crippen molar-refractivity contribution in [2.75, 3.05) is 0 Å². The average Bonchev–Trinajstić information content (AvgIpc) is 2.80. The van der Waals surface area contributed by atoms with Gasteiger partial charge in [-0.25, -0.2) is 9.50 Å². The molecule has 0 aliphatic heterocycles. The van der Waals surface area contributed by atoms with Gasteiger partial charge in [0, 0.05) is 6.20 Å². The first-order valence-corrected chi connectivity index (χ1v) is 5.39. The van der Waals surface area contributed by atoms with E-state index in [2.05, 4.69) is 10.1 Å². The molecule has 1 aromatic carbocycles. The summed E-state index contributed by atoms with van der Waals surface area (Å²) in [5, 5.41) is 4.16. The Hall–Kier alpha value is -2.36. The Bertz CT molecular complexity index is 586. The summed E-state index contributed by atoms with van der Waals surface area (Å²) in [5.74, 6) is 0.845. The van der Waals surface area contributed by atoms with Crippen molar-refractivity contribution in [3.05, 3.63) is 60.6 Å². The van der Waals surface area contributed by atoms with Gasteiger partial charge < -0.3 is 4.74 Å². The second-order valence-electron chi connectivity index (χ2n) is 3.66. The number of imidazole rings is 1. The minimum absolute atomic E-state index is 0.452. The minimum atomic E-state index is 0.452. The Kier molecular flexibility index (Phi) is 2.46. The van der Waals surface area contributed by atoms with Gasteiger partial charge in [-0.3, -0.25) is 0 Å². The molecule has 0 saturated heterocycles. The van der Waals surface area contributed by atoms with Crippen LogP contribution in [0.4, 0.5) is 0 Å². The van der Waals surface area contributed by atoms with Crippen LogP contribution in [0.5, 0.6) is 5.75 Å². The molecule has 0 amide bonds. The lowest BCUT2D eigenvalue weighted by molar-refractivity contribution is 0.302. The Morgan fingerprint density at radius 1 is 1.06 bits per heavy atom. The summed E-state index contributed by atoms with van der Waals surface area (Å²) in [6.07, 6.45) is 3.61. The molecule has 2 aromatic heterocycles. The lowest BCUT2D eigenvalue weighted by atomic mass is 10.3. The van der Waals surface area contributed by atoms with Crippen LogP contribution in [0.3, 0.4) is 0 Å². The van der Waals surface area contributed by atoms with Gasteiger partial charge in [-0.1, -0.05) is 18.2 Å². The molecule has 0 aliphatic carbocycles. The van der Waals surface area contributed by atoms with Gasteiger partial charge in [0.05, 0.1) is 11.9 Å². The first-order valence-electron chi connectivity index (χ1n) is 5.39. The molecule has 3 aromatic rings.